The van der Waals surface area contributed by atoms with Crippen LogP contribution in [-0.4, -0.2) is 0 Å². The number of nitrogens with two attached hydrogens (primary N) is 1. The van der Waals surface area contributed by atoms with E-state index in [-0.39, 0.29) is 0 Å². The van der Waals surface area contributed by atoms with E-state index in [0.29, 0.717) is 0 Å². The van der Waals surface area contributed by atoms with Gasteiger partial charge in [0.1, 0.15) is 0 Å². The second kappa shape index (κ2) is 6.57. The van der Waals surface area contributed by atoms with Gasteiger partial charge in [-0.2, -0.15) is 0 Å². The quantitative estimate of drug-likeness (QED) is 0.755. The van der Waals surface area contributed by atoms with Gasteiger partial charge < -0.3 is 5.73 Å². The van der Waals surface area contributed by atoms with Crippen molar-refractivity contribution < 1.29 is 0 Å². The Morgan fingerprint density at radius 3 is 2.19 bits per heavy atom. The highest BCUT2D eigenvalue weighted by Crippen LogP contribution is 2.36. The molecular formula is C15H25N. The van der Waals surface area contributed by atoms with Gasteiger partial charge in [-0.1, -0.05) is 32.9 Å². The molecule has 16 heavy (non-hydrogen) atoms. The lowest BCUT2D eigenvalue weighted by Gasteiger charge is -2.32. The summed E-state index contributed by atoms with van der Waals surface area (Å²) < 4.78 is 0. The predicted octanol–water partition coefficient (Wildman–Crippen LogP) is 4.27. The summed E-state index contributed by atoms with van der Waals surface area (Å²) in [6, 6.07) is 8.30. The van der Waals surface area contributed by atoms with Gasteiger partial charge >= 0.3 is 0 Å². The van der Waals surface area contributed by atoms with Crippen molar-refractivity contribution in [3.05, 3.63) is 29.8 Å². The molecule has 0 unspecified atom stereocenters. The average molecular weight is 219 g/mol. The molecule has 0 aromatic heterocycles. The molecule has 1 heteroatoms. The van der Waals surface area contributed by atoms with E-state index in [1.807, 2.05) is 26.0 Å². The van der Waals surface area contributed by atoms with Gasteiger partial charge in [0.2, 0.25) is 0 Å². The highest BCUT2D eigenvalue weighted by atomic mass is 14.5. The van der Waals surface area contributed by atoms with Gasteiger partial charge in [-0.3, -0.25) is 0 Å². The summed E-state index contributed by atoms with van der Waals surface area (Å²) in [7, 11) is 0. The molecule has 0 aliphatic heterocycles. The Bertz CT molecular complexity index is 283. The monoisotopic (exact) mass is 219 g/mol. The fourth-order valence-electron chi connectivity index (χ4n) is 2.36. The van der Waals surface area contributed by atoms with E-state index in [4.69, 9.17) is 5.73 Å². The molecular weight excluding hydrogens is 194 g/mol. The lowest BCUT2D eigenvalue weighted by atomic mass is 9.73. The van der Waals surface area contributed by atoms with Crippen molar-refractivity contribution in [2.75, 3.05) is 5.73 Å². The summed E-state index contributed by atoms with van der Waals surface area (Å²) >= 11 is 0. The van der Waals surface area contributed by atoms with Gasteiger partial charge in [-0.05, 0) is 55.2 Å². The SMILES string of the molecule is CC.CC1CC(CCc2ccc(N)cc2)C1. The largest absolute Gasteiger partial charge is 0.399 e. The highest BCUT2D eigenvalue weighted by molar-refractivity contribution is 5.39. The Morgan fingerprint density at radius 2 is 1.69 bits per heavy atom. The lowest BCUT2D eigenvalue weighted by molar-refractivity contribution is 0.200. The lowest BCUT2D eigenvalue weighted by Crippen LogP contribution is -2.21. The molecule has 0 amide bonds. The van der Waals surface area contributed by atoms with Crippen LogP contribution in [0.2, 0.25) is 0 Å². The standard InChI is InChI=1S/C13H19N.C2H6/c1-10-8-12(9-10)3-2-11-4-6-13(14)7-5-11;1-2/h4-7,10,12H,2-3,8-9,14H2,1H3;1-2H3. The zero-order valence-electron chi connectivity index (χ0n) is 10.9. The number of nitrogen functional groups attached to an aromatic ring is 1. The topological polar surface area (TPSA) is 26.0 Å². The first-order valence-electron chi connectivity index (χ1n) is 6.58. The van der Waals surface area contributed by atoms with E-state index in [1.165, 1.54) is 31.2 Å². The van der Waals surface area contributed by atoms with Crippen LogP contribution >= 0.6 is 0 Å². The minimum absolute atomic E-state index is 0.867. The summed E-state index contributed by atoms with van der Waals surface area (Å²) in [5.74, 6) is 1.97. The van der Waals surface area contributed by atoms with Crippen LogP contribution in [0.5, 0.6) is 0 Å². The molecule has 1 aliphatic carbocycles. The first kappa shape index (κ1) is 13.1. The van der Waals surface area contributed by atoms with Crippen LogP contribution in [0, 0.1) is 11.8 Å². The Morgan fingerprint density at radius 1 is 1.12 bits per heavy atom. The number of hydrogen-bond acceptors (Lipinski definition) is 1. The summed E-state index contributed by atoms with van der Waals surface area (Å²) in [6.45, 7) is 6.35. The second-order valence-corrected chi connectivity index (χ2v) is 4.72. The van der Waals surface area contributed by atoms with E-state index in [2.05, 4.69) is 19.1 Å². The summed E-state index contributed by atoms with van der Waals surface area (Å²) in [5.41, 5.74) is 7.93. The highest BCUT2D eigenvalue weighted by Gasteiger charge is 2.24. The zero-order chi connectivity index (χ0) is 12.0. The third-order valence-electron chi connectivity index (χ3n) is 3.29. The third kappa shape index (κ3) is 3.88. The van der Waals surface area contributed by atoms with Gasteiger partial charge in [-0.25, -0.2) is 0 Å². The minimum atomic E-state index is 0.867. The van der Waals surface area contributed by atoms with Crippen molar-refractivity contribution in [1.29, 1.82) is 0 Å². The molecule has 1 aromatic rings. The van der Waals surface area contributed by atoms with E-state index in [0.717, 1.165) is 17.5 Å². The van der Waals surface area contributed by atoms with Gasteiger partial charge in [0.25, 0.3) is 0 Å². The Kier molecular flexibility index (Phi) is 5.37. The molecule has 2 N–H and O–H groups in total. The number of aryl methyl sites for hydroxylation is 1. The van der Waals surface area contributed by atoms with Crippen LogP contribution < -0.4 is 5.73 Å². The van der Waals surface area contributed by atoms with E-state index >= 15 is 0 Å². The minimum Gasteiger partial charge on any atom is -0.399 e. The molecule has 1 fully saturated rings. The van der Waals surface area contributed by atoms with Crippen LogP contribution in [-0.2, 0) is 6.42 Å². The predicted molar refractivity (Wildman–Crippen MR) is 72.4 cm³/mol. The normalized spacial score (nSPS) is 22.9. The van der Waals surface area contributed by atoms with Gasteiger partial charge in [0.15, 0.2) is 0 Å². The Labute approximate surface area is 100 Å². The molecule has 0 bridgehead atoms. The van der Waals surface area contributed by atoms with Crippen molar-refractivity contribution in [1.82, 2.24) is 0 Å². The van der Waals surface area contributed by atoms with Crippen LogP contribution in [0.3, 0.4) is 0 Å². The fourth-order valence-corrected chi connectivity index (χ4v) is 2.36. The first-order valence-corrected chi connectivity index (χ1v) is 6.58. The maximum absolute atomic E-state index is 5.64. The molecule has 0 spiro atoms. The van der Waals surface area contributed by atoms with E-state index < -0.39 is 0 Å². The van der Waals surface area contributed by atoms with Crippen molar-refractivity contribution in [3.63, 3.8) is 0 Å². The summed E-state index contributed by atoms with van der Waals surface area (Å²) in [4.78, 5) is 0. The molecule has 1 saturated carbocycles. The molecule has 1 aliphatic rings. The maximum Gasteiger partial charge on any atom is 0.0314 e. The fraction of sp³-hybridized carbons (Fsp3) is 0.600. The molecule has 1 aromatic carbocycles. The maximum atomic E-state index is 5.64. The smallest absolute Gasteiger partial charge is 0.0314 e. The molecule has 0 heterocycles. The number of anilines is 1. The summed E-state index contributed by atoms with van der Waals surface area (Å²) in [5, 5.41) is 0. The third-order valence-corrected chi connectivity index (χ3v) is 3.29. The number of rotatable bonds is 3. The van der Waals surface area contributed by atoms with Crippen molar-refractivity contribution in [2.45, 2.75) is 46.5 Å². The number of hydrogen-bond donors (Lipinski definition) is 1. The van der Waals surface area contributed by atoms with Gasteiger partial charge in [0, 0.05) is 5.69 Å². The molecule has 2 rings (SSSR count). The van der Waals surface area contributed by atoms with Crippen LogP contribution in [0.25, 0.3) is 0 Å². The average Bonchev–Trinajstić information content (AvgIpc) is 2.28. The second-order valence-electron chi connectivity index (χ2n) is 4.72. The first-order chi connectivity index (χ1) is 7.74. The molecule has 0 atom stereocenters. The molecule has 1 nitrogen and oxygen atoms in total. The summed E-state index contributed by atoms with van der Waals surface area (Å²) in [6.07, 6.45) is 5.45. The Hall–Kier alpha value is -0.980. The molecule has 90 valence electrons. The van der Waals surface area contributed by atoms with Crippen molar-refractivity contribution in [2.24, 2.45) is 11.8 Å². The van der Waals surface area contributed by atoms with Crippen molar-refractivity contribution >= 4 is 5.69 Å². The number of benzene rings is 1. The van der Waals surface area contributed by atoms with E-state index in [9.17, 15) is 0 Å². The van der Waals surface area contributed by atoms with Crippen molar-refractivity contribution in [3.8, 4) is 0 Å². The van der Waals surface area contributed by atoms with Crippen LogP contribution in [0.4, 0.5) is 5.69 Å². The Balaban J connectivity index is 0.000000606. The van der Waals surface area contributed by atoms with Crippen LogP contribution in [0.15, 0.2) is 24.3 Å². The van der Waals surface area contributed by atoms with Crippen LogP contribution in [0.1, 0.15) is 45.6 Å². The van der Waals surface area contributed by atoms with Gasteiger partial charge in [-0.15, -0.1) is 0 Å². The molecule has 0 radical (unpaired) electrons. The zero-order valence-corrected chi connectivity index (χ0v) is 10.9. The molecule has 0 saturated heterocycles. The van der Waals surface area contributed by atoms with Gasteiger partial charge in [0.05, 0.1) is 0 Å². The van der Waals surface area contributed by atoms with E-state index in [1.54, 1.807) is 0 Å².